The van der Waals surface area contributed by atoms with E-state index < -0.39 is 9.84 Å². The summed E-state index contributed by atoms with van der Waals surface area (Å²) >= 11 is 4.42. The van der Waals surface area contributed by atoms with E-state index in [1.54, 1.807) is 42.6 Å². The number of sulfone groups is 1. The fourth-order valence-corrected chi connectivity index (χ4v) is 11.0. The Labute approximate surface area is 378 Å². The van der Waals surface area contributed by atoms with Gasteiger partial charge in [-0.1, -0.05) is 80.2 Å². The van der Waals surface area contributed by atoms with Crippen molar-refractivity contribution in [2.45, 2.75) is 67.5 Å². The van der Waals surface area contributed by atoms with Crippen molar-refractivity contribution < 1.29 is 27.0 Å². The summed E-state index contributed by atoms with van der Waals surface area (Å²) < 4.78 is 51.6. The van der Waals surface area contributed by atoms with Crippen LogP contribution in [0.5, 0.6) is 17.2 Å². The molecule has 0 bridgehead atoms. The molecule has 0 aliphatic carbocycles. The number of thioether (sulfide) groups is 1. The molecule has 0 N–H and O–H groups in total. The second-order valence-electron chi connectivity index (χ2n) is 14.8. The van der Waals surface area contributed by atoms with Crippen LogP contribution in [0.3, 0.4) is 0 Å². The predicted molar refractivity (Wildman–Crippen MR) is 247 cm³/mol. The Bertz CT molecular complexity index is 2940. The van der Waals surface area contributed by atoms with Crippen molar-refractivity contribution in [2.75, 3.05) is 21.3 Å². The van der Waals surface area contributed by atoms with Crippen molar-refractivity contribution in [1.29, 1.82) is 0 Å². The Morgan fingerprint density at radius 1 is 0.746 bits per heavy atom. The average molecular weight is 920 g/mol. The lowest BCUT2D eigenvalue weighted by Crippen LogP contribution is -2.14. The van der Waals surface area contributed by atoms with Gasteiger partial charge in [-0.3, -0.25) is 4.57 Å². The van der Waals surface area contributed by atoms with Crippen molar-refractivity contribution >= 4 is 44.3 Å². The highest BCUT2D eigenvalue weighted by molar-refractivity contribution is 7.98. The van der Waals surface area contributed by atoms with Gasteiger partial charge in [0, 0.05) is 46.2 Å². The maximum absolute atomic E-state index is 13.9. The Kier molecular flexibility index (Phi) is 13.7. The molecule has 324 valence electrons. The zero-order valence-electron chi connectivity index (χ0n) is 35.3. The maximum Gasteiger partial charge on any atom is 0.276 e. The van der Waals surface area contributed by atoms with Crippen LogP contribution in [0.25, 0.3) is 32.5 Å². The van der Waals surface area contributed by atoms with Crippen LogP contribution in [0.15, 0.2) is 117 Å². The summed E-state index contributed by atoms with van der Waals surface area (Å²) in [5.74, 6) is 3.58. The summed E-state index contributed by atoms with van der Waals surface area (Å²) in [4.78, 5) is 9.44. The molecule has 4 aromatic carbocycles. The number of ether oxygens (including phenoxy) is 3. The third kappa shape index (κ3) is 10.3. The van der Waals surface area contributed by atoms with Gasteiger partial charge in [-0.2, -0.15) is 0 Å². The molecular formula is C46H45N7O6S4. The van der Waals surface area contributed by atoms with Crippen LogP contribution in [-0.2, 0) is 40.7 Å². The molecule has 0 saturated carbocycles. The van der Waals surface area contributed by atoms with Crippen molar-refractivity contribution in [2.24, 2.45) is 0 Å². The first-order chi connectivity index (χ1) is 30.6. The molecule has 0 aliphatic heterocycles. The molecule has 0 aliphatic rings. The summed E-state index contributed by atoms with van der Waals surface area (Å²) in [5.41, 5.74) is 7.37. The van der Waals surface area contributed by atoms with Crippen molar-refractivity contribution in [3.63, 3.8) is 0 Å². The molecule has 8 rings (SSSR count). The SMILES string of the molecule is CCCn1c(-c2cccc(Cc3cccc(C(C)Cc4nnc(SCc5csc(-c6ccc(OC)c(OC)c6)n5)o4)c3)c2)nnc1S(=O)(=O)Cc1csc(-c2cccc(OC)c2)n1. The van der Waals surface area contributed by atoms with Crippen LogP contribution >= 0.6 is 34.4 Å². The molecule has 63 heavy (non-hydrogen) atoms. The number of nitrogens with zero attached hydrogens (tertiary/aromatic N) is 7. The Morgan fingerprint density at radius 3 is 2.24 bits per heavy atom. The van der Waals surface area contributed by atoms with E-state index in [0.29, 0.717) is 76.4 Å². The molecule has 0 spiro atoms. The first-order valence-corrected chi connectivity index (χ1v) is 24.6. The monoisotopic (exact) mass is 919 g/mol. The highest BCUT2D eigenvalue weighted by Crippen LogP contribution is 2.35. The lowest BCUT2D eigenvalue weighted by Gasteiger charge is -2.12. The van der Waals surface area contributed by atoms with E-state index in [9.17, 15) is 8.42 Å². The molecule has 0 radical (unpaired) electrons. The highest BCUT2D eigenvalue weighted by atomic mass is 32.2. The van der Waals surface area contributed by atoms with Gasteiger partial charge in [-0.25, -0.2) is 18.4 Å². The molecular weight excluding hydrogens is 875 g/mol. The van der Waals surface area contributed by atoms with Crippen molar-refractivity contribution in [1.82, 2.24) is 34.9 Å². The maximum atomic E-state index is 13.9. The third-order valence-corrected chi connectivity index (χ3v) is 14.5. The number of methoxy groups -OCH3 is 3. The minimum Gasteiger partial charge on any atom is -0.497 e. The number of aromatic nitrogens is 7. The van der Waals surface area contributed by atoms with Gasteiger partial charge in [0.2, 0.25) is 20.9 Å². The Balaban J connectivity index is 0.899. The second-order valence-corrected chi connectivity index (χ2v) is 19.3. The number of hydrogen-bond acceptors (Lipinski definition) is 15. The fraction of sp³-hybridized carbons (Fsp3) is 0.261. The van der Waals surface area contributed by atoms with E-state index in [4.69, 9.17) is 23.6 Å². The first kappa shape index (κ1) is 43.8. The molecule has 17 heteroatoms. The molecule has 4 heterocycles. The van der Waals surface area contributed by atoms with Crippen molar-refractivity contribution in [3.05, 3.63) is 136 Å². The molecule has 0 amide bonds. The zero-order chi connectivity index (χ0) is 43.9. The van der Waals surface area contributed by atoms with E-state index >= 15 is 0 Å². The highest BCUT2D eigenvalue weighted by Gasteiger charge is 2.27. The molecule has 4 aromatic heterocycles. The van der Waals surface area contributed by atoms with E-state index in [1.807, 2.05) is 66.9 Å². The van der Waals surface area contributed by atoms with Crippen LogP contribution in [0, 0.1) is 0 Å². The number of benzene rings is 4. The van der Waals surface area contributed by atoms with Gasteiger partial charge < -0.3 is 18.6 Å². The largest absolute Gasteiger partial charge is 0.497 e. The summed E-state index contributed by atoms with van der Waals surface area (Å²) in [7, 11) is 0.977. The lowest BCUT2D eigenvalue weighted by molar-refractivity contribution is 0.355. The summed E-state index contributed by atoms with van der Waals surface area (Å²) in [5, 5.41) is 23.2. The standard InChI is InChI=1S/C46H45N7O6S4/c1-6-18-53-42(50-51-45(53)63(54,55)28-37-27-61-43(48-37)34-14-9-15-38(23-34)56-3)33-13-8-11-31(22-33)20-30-10-7-12-32(21-30)29(2)19-41-49-52-46(59-41)62-26-36-25-60-44(47-36)35-16-17-39(57-4)40(24-35)58-5/h7-17,21-25,27,29H,6,18-20,26,28H2,1-5H3. The van der Waals surface area contributed by atoms with E-state index in [0.717, 1.165) is 44.1 Å². The summed E-state index contributed by atoms with van der Waals surface area (Å²) in [6.45, 7) is 4.60. The predicted octanol–water partition coefficient (Wildman–Crippen LogP) is 10.2. The van der Waals surface area contributed by atoms with Crippen LogP contribution in [0.4, 0.5) is 0 Å². The summed E-state index contributed by atoms with van der Waals surface area (Å²) in [6.07, 6.45) is 1.97. The minimum atomic E-state index is -3.87. The van der Waals surface area contributed by atoms with E-state index in [1.165, 1.54) is 23.1 Å². The number of rotatable bonds is 19. The number of hydrogen-bond donors (Lipinski definition) is 0. The smallest absolute Gasteiger partial charge is 0.276 e. The normalized spacial score (nSPS) is 12.1. The van der Waals surface area contributed by atoms with Gasteiger partial charge in [-0.15, -0.1) is 43.1 Å². The quantitative estimate of drug-likeness (QED) is 0.0707. The molecule has 0 fully saturated rings. The van der Waals surface area contributed by atoms with Gasteiger partial charge in [0.1, 0.15) is 21.5 Å². The third-order valence-electron chi connectivity index (χ3n) is 10.2. The van der Waals surface area contributed by atoms with Crippen molar-refractivity contribution in [3.8, 4) is 49.8 Å². The molecule has 1 unspecified atom stereocenters. The Morgan fingerprint density at radius 2 is 1.46 bits per heavy atom. The summed E-state index contributed by atoms with van der Waals surface area (Å²) in [6, 6.07) is 29.9. The van der Waals surface area contributed by atoms with Gasteiger partial charge in [0.15, 0.2) is 17.3 Å². The molecule has 13 nitrogen and oxygen atoms in total. The molecule has 1 atom stereocenters. The number of thiazole rings is 2. The zero-order valence-corrected chi connectivity index (χ0v) is 38.6. The van der Waals surface area contributed by atoms with Gasteiger partial charge in [0.25, 0.3) is 5.22 Å². The fourth-order valence-electron chi connectivity index (χ4n) is 7.11. The van der Waals surface area contributed by atoms with Crippen LogP contribution in [0.2, 0.25) is 0 Å². The second kappa shape index (κ2) is 19.7. The van der Waals surface area contributed by atoms with E-state index in [2.05, 4.69) is 68.7 Å². The lowest BCUT2D eigenvalue weighted by atomic mass is 9.94. The first-order valence-electron chi connectivity index (χ1n) is 20.2. The van der Waals surface area contributed by atoms with Gasteiger partial charge in [-0.05, 0) is 71.8 Å². The van der Waals surface area contributed by atoms with E-state index in [-0.39, 0.29) is 16.8 Å². The minimum absolute atomic E-state index is 0.0604. The molecule has 8 aromatic rings. The van der Waals surface area contributed by atoms with Crippen LogP contribution in [0.1, 0.15) is 60.2 Å². The van der Waals surface area contributed by atoms with Gasteiger partial charge >= 0.3 is 0 Å². The van der Waals surface area contributed by atoms with Crippen LogP contribution in [-0.4, -0.2) is 64.7 Å². The van der Waals surface area contributed by atoms with Gasteiger partial charge in [0.05, 0.1) is 32.7 Å². The Hall–Kier alpha value is -5.88. The average Bonchev–Trinajstić information content (AvgIpc) is 4.14. The topological polar surface area (TPSA) is 157 Å². The van der Waals surface area contributed by atoms with Crippen LogP contribution < -0.4 is 14.2 Å². The molecule has 0 saturated heterocycles.